The fourth-order valence-electron chi connectivity index (χ4n) is 4.96. The van der Waals surface area contributed by atoms with Crippen molar-refractivity contribution in [1.29, 1.82) is 0 Å². The molecule has 2 aliphatic heterocycles. The second-order valence-electron chi connectivity index (χ2n) is 10.0. The maximum absolute atomic E-state index is 13.3. The molecule has 8 N–H and O–H groups in total. The molecule has 2 unspecified atom stereocenters. The lowest BCUT2D eigenvalue weighted by Crippen LogP contribution is -2.71. The van der Waals surface area contributed by atoms with Crippen molar-refractivity contribution in [3.8, 4) is 0 Å². The Labute approximate surface area is 268 Å². The van der Waals surface area contributed by atoms with Crippen LogP contribution in [-0.4, -0.2) is 91.0 Å². The van der Waals surface area contributed by atoms with Gasteiger partial charge >= 0.3 is 11.9 Å². The molecule has 0 aliphatic carbocycles. The summed E-state index contributed by atoms with van der Waals surface area (Å²) in [4.78, 5) is 60.4. The number of rotatable bonds is 12. The fourth-order valence-corrected chi connectivity index (χ4v) is 7.22. The minimum Gasteiger partial charge on any atom is -0.478 e. The van der Waals surface area contributed by atoms with Gasteiger partial charge in [-0.1, -0.05) is 28.1 Å². The number of fused-ring (bicyclic) bond motifs is 2. The number of carboxylic acid groups (broad SMARTS) is 2. The molecule has 3 aromatic rings. The zero-order valence-electron chi connectivity index (χ0n) is 23.9. The van der Waals surface area contributed by atoms with Crippen molar-refractivity contribution in [2.45, 2.75) is 37.5 Å². The molecule has 0 spiro atoms. The summed E-state index contributed by atoms with van der Waals surface area (Å²) < 4.78 is 3.84. The van der Waals surface area contributed by atoms with Crippen LogP contribution in [-0.2, 0) is 37.1 Å². The minimum atomic E-state index is -1.41. The van der Waals surface area contributed by atoms with Gasteiger partial charge in [0, 0.05) is 30.5 Å². The van der Waals surface area contributed by atoms with Gasteiger partial charge < -0.3 is 41.7 Å². The molecule has 0 saturated carbocycles. The molecule has 2 amide bonds. The second kappa shape index (κ2) is 12.9. The first-order valence-corrected chi connectivity index (χ1v) is 15.7. The third-order valence-corrected chi connectivity index (χ3v) is 9.58. The largest absolute Gasteiger partial charge is 0.478 e. The number of aromatic nitrogens is 3. The average Bonchev–Trinajstić information content (AvgIpc) is 3.51. The van der Waals surface area contributed by atoms with E-state index in [1.54, 1.807) is 0 Å². The van der Waals surface area contributed by atoms with Gasteiger partial charge in [-0.15, -0.1) is 11.8 Å². The van der Waals surface area contributed by atoms with E-state index in [1.165, 1.54) is 18.7 Å². The van der Waals surface area contributed by atoms with E-state index < -0.39 is 47.0 Å². The fraction of sp³-hybridized carbons (Fsp3) is 0.346. The van der Waals surface area contributed by atoms with Crippen LogP contribution in [0.2, 0.25) is 4.34 Å². The topological polar surface area (TPSA) is 231 Å². The first-order chi connectivity index (χ1) is 21.4. The smallest absolute Gasteiger partial charge is 0.352 e. The summed E-state index contributed by atoms with van der Waals surface area (Å²) in [7, 11) is 1.85. The number of hydrogen-bond donors (Lipinski definition) is 6. The standard InChI is InChI=1S/C26H28ClN9O7S2/c1-11(24(39)40)43-33-17(16-20(27)45-26(29)32-16)21(37)31-18-22(38)36-19(25(41)42)12(10-44-23(18)36)9-34-6-3-4-13-14(34)8-15(28)35(13)7-5-30-2/h3-4,6,8,11,18,23,28,30H,5,7,9-10H2,1-2H3,(H5,29,31,32,37,39,40,41,42)/p+1/t11-,18?,23?/m0/s1. The van der Waals surface area contributed by atoms with E-state index in [2.05, 4.69) is 20.8 Å². The highest BCUT2D eigenvalue weighted by atomic mass is 35.5. The van der Waals surface area contributed by atoms with Crippen LogP contribution in [0.4, 0.5) is 10.9 Å². The SMILES string of the molecule is CNCCn1c(N)cc2c1ccc[n+]2CC1=C(C(=O)O)N2C(=O)C(NC(=O)C(=NO[C@@H](C)C(=O)O)c3nc(N)sc3Cl)C2SC1. The molecule has 19 heteroatoms. The number of halogens is 1. The molecule has 3 atom stereocenters. The van der Waals surface area contributed by atoms with Crippen LogP contribution in [0.1, 0.15) is 12.6 Å². The van der Waals surface area contributed by atoms with Gasteiger partial charge in [0.25, 0.3) is 11.8 Å². The van der Waals surface area contributed by atoms with Gasteiger partial charge in [0.15, 0.2) is 23.6 Å². The van der Waals surface area contributed by atoms with Gasteiger partial charge in [0.05, 0.1) is 6.07 Å². The number of likely N-dealkylation sites (N-methyl/N-ethyl adjacent to an activating group) is 1. The van der Waals surface area contributed by atoms with E-state index in [0.717, 1.165) is 27.3 Å². The number of thioether (sulfide) groups is 1. The number of aliphatic carboxylic acids is 2. The molecule has 238 valence electrons. The molecule has 0 radical (unpaired) electrons. The summed E-state index contributed by atoms with van der Waals surface area (Å²) in [6.45, 7) is 2.74. The highest BCUT2D eigenvalue weighted by Gasteiger charge is 2.55. The first-order valence-electron chi connectivity index (χ1n) is 13.4. The lowest BCUT2D eigenvalue weighted by molar-refractivity contribution is -0.663. The Hall–Kier alpha value is -4.39. The van der Waals surface area contributed by atoms with Crippen LogP contribution in [0, 0.1) is 0 Å². The maximum atomic E-state index is 13.3. The summed E-state index contributed by atoms with van der Waals surface area (Å²) in [5, 5.41) is 27.9. The van der Waals surface area contributed by atoms with E-state index in [9.17, 15) is 24.3 Å². The zero-order chi connectivity index (χ0) is 32.6. The third kappa shape index (κ3) is 6.13. The van der Waals surface area contributed by atoms with E-state index in [1.807, 2.05) is 40.6 Å². The maximum Gasteiger partial charge on any atom is 0.352 e. The quantitative estimate of drug-likeness (QED) is 0.0646. The number of nitrogens with zero attached hydrogens (tertiary/aromatic N) is 5. The number of oxime groups is 1. The summed E-state index contributed by atoms with van der Waals surface area (Å²) in [5.74, 6) is -3.38. The number of β-lactam (4-membered cyclic amide) rings is 1. The van der Waals surface area contributed by atoms with Crippen LogP contribution in [0.15, 0.2) is 40.8 Å². The van der Waals surface area contributed by atoms with Crippen molar-refractivity contribution in [1.82, 2.24) is 25.1 Å². The molecule has 1 fully saturated rings. The number of carboxylic acids is 2. The van der Waals surface area contributed by atoms with Crippen molar-refractivity contribution in [3.63, 3.8) is 0 Å². The van der Waals surface area contributed by atoms with Crippen LogP contribution in [0.25, 0.3) is 11.0 Å². The predicted molar refractivity (Wildman–Crippen MR) is 166 cm³/mol. The molecule has 16 nitrogen and oxygen atoms in total. The first kappa shape index (κ1) is 32.0. The van der Waals surface area contributed by atoms with Crippen LogP contribution >= 0.6 is 34.7 Å². The van der Waals surface area contributed by atoms with Crippen molar-refractivity contribution < 1.29 is 38.8 Å². The van der Waals surface area contributed by atoms with Gasteiger partial charge in [-0.2, -0.15) is 4.57 Å². The number of pyridine rings is 1. The molecule has 5 heterocycles. The number of anilines is 2. The molecule has 2 aliphatic rings. The third-order valence-electron chi connectivity index (χ3n) is 7.15. The van der Waals surface area contributed by atoms with Crippen molar-refractivity contribution >= 4 is 86.1 Å². The monoisotopic (exact) mass is 678 g/mol. The number of amides is 2. The summed E-state index contributed by atoms with van der Waals surface area (Å²) in [6, 6.07) is 4.49. The summed E-state index contributed by atoms with van der Waals surface area (Å²) in [5.41, 5.74) is 13.4. The van der Waals surface area contributed by atoms with E-state index in [4.69, 9.17) is 33.0 Å². The molecule has 1 saturated heterocycles. The Morgan fingerprint density at radius 3 is 2.73 bits per heavy atom. The molecule has 0 bridgehead atoms. The van der Waals surface area contributed by atoms with Gasteiger partial charge in [-0.3, -0.25) is 14.5 Å². The molecule has 5 rings (SSSR count). The van der Waals surface area contributed by atoms with Gasteiger partial charge in [-0.05, 0) is 20.0 Å². The lowest BCUT2D eigenvalue weighted by Gasteiger charge is -2.49. The molecule has 45 heavy (non-hydrogen) atoms. The van der Waals surface area contributed by atoms with Gasteiger partial charge in [0.2, 0.25) is 11.6 Å². The number of nitrogen functional groups attached to an aromatic ring is 2. The summed E-state index contributed by atoms with van der Waals surface area (Å²) >= 11 is 8.32. The molecule has 3 aromatic heterocycles. The van der Waals surface area contributed by atoms with E-state index in [0.29, 0.717) is 24.5 Å². The second-order valence-corrected chi connectivity index (χ2v) is 12.8. The Kier molecular flexibility index (Phi) is 9.19. The van der Waals surface area contributed by atoms with Crippen LogP contribution in [0.5, 0.6) is 0 Å². The molecular weight excluding hydrogens is 650 g/mol. The predicted octanol–water partition coefficient (Wildman–Crippen LogP) is 0.0551. The minimum absolute atomic E-state index is 0.00558. The lowest BCUT2D eigenvalue weighted by atomic mass is 10.0. The van der Waals surface area contributed by atoms with Crippen LogP contribution < -0.4 is 26.7 Å². The van der Waals surface area contributed by atoms with E-state index >= 15 is 0 Å². The van der Waals surface area contributed by atoms with Gasteiger partial charge in [0.1, 0.15) is 38.5 Å². The summed E-state index contributed by atoms with van der Waals surface area (Å²) in [6.07, 6.45) is 0.407. The number of hydrogen-bond acceptors (Lipinski definition) is 12. The Bertz CT molecular complexity index is 1770. The van der Waals surface area contributed by atoms with Crippen molar-refractivity contribution in [3.05, 3.63) is 45.7 Å². The van der Waals surface area contributed by atoms with Crippen LogP contribution in [0.3, 0.4) is 0 Å². The normalized spacial score (nSPS) is 18.9. The van der Waals surface area contributed by atoms with E-state index in [-0.39, 0.29) is 33.2 Å². The Balaban J connectivity index is 1.39. The number of carbonyl (C=O) groups is 4. The van der Waals surface area contributed by atoms with Crippen molar-refractivity contribution in [2.75, 3.05) is 30.8 Å². The zero-order valence-corrected chi connectivity index (χ0v) is 26.3. The number of nitrogens with two attached hydrogens (primary N) is 2. The number of nitrogens with one attached hydrogen (secondary N) is 2. The van der Waals surface area contributed by atoms with Crippen molar-refractivity contribution in [2.24, 2.45) is 5.16 Å². The number of carbonyl (C=O) groups excluding carboxylic acids is 2. The highest BCUT2D eigenvalue weighted by Crippen LogP contribution is 2.40. The highest BCUT2D eigenvalue weighted by molar-refractivity contribution is 8.00. The number of thiazole rings is 1. The van der Waals surface area contributed by atoms with Gasteiger partial charge in [-0.25, -0.2) is 14.6 Å². The molecular formula is C26H29ClN9O7S2+. The average molecular weight is 679 g/mol. The Morgan fingerprint density at radius 2 is 2.09 bits per heavy atom. The molecule has 0 aromatic carbocycles. The Morgan fingerprint density at radius 1 is 1.33 bits per heavy atom.